The molecule has 0 radical (unpaired) electrons. The van der Waals surface area contributed by atoms with Gasteiger partial charge in [0.25, 0.3) is 10.0 Å². The molecule has 1 fully saturated rings. The first-order valence-electron chi connectivity index (χ1n) is 10.1. The Balaban J connectivity index is 0.00000176. The van der Waals surface area contributed by atoms with Gasteiger partial charge in [-0.2, -0.15) is 11.8 Å². The number of nitrogens with zero attached hydrogens (tertiary/aromatic N) is 2. The van der Waals surface area contributed by atoms with Crippen molar-refractivity contribution in [3.05, 3.63) is 57.5 Å². The number of sulfonamides is 1. The van der Waals surface area contributed by atoms with Gasteiger partial charge in [-0.25, -0.2) is 8.42 Å². The minimum absolute atomic E-state index is 0.170. The van der Waals surface area contributed by atoms with Gasteiger partial charge in [0.2, 0.25) is 0 Å². The van der Waals surface area contributed by atoms with E-state index in [1.807, 2.05) is 11.8 Å². The van der Waals surface area contributed by atoms with E-state index in [1.54, 1.807) is 30.3 Å². The van der Waals surface area contributed by atoms with Gasteiger partial charge in [-0.3, -0.25) is 4.31 Å². The molecule has 3 rings (SSSR count). The molecule has 9 heteroatoms. The fourth-order valence-electron chi connectivity index (χ4n) is 3.59. The van der Waals surface area contributed by atoms with Gasteiger partial charge in [0.15, 0.2) is 0 Å². The van der Waals surface area contributed by atoms with Crippen molar-refractivity contribution in [3.63, 3.8) is 0 Å². The van der Waals surface area contributed by atoms with Crippen molar-refractivity contribution >= 4 is 62.3 Å². The maximum absolute atomic E-state index is 13.4. The molecule has 174 valence electrons. The van der Waals surface area contributed by atoms with Gasteiger partial charge in [0.1, 0.15) is 0 Å². The van der Waals surface area contributed by atoms with Gasteiger partial charge in [0.05, 0.1) is 15.6 Å². The van der Waals surface area contributed by atoms with Crippen LogP contribution in [0.25, 0.3) is 0 Å². The highest BCUT2D eigenvalue weighted by molar-refractivity contribution is 7.99. The highest BCUT2D eigenvalue weighted by Crippen LogP contribution is 2.33. The number of hydrogen-bond donors (Lipinski definition) is 0. The summed E-state index contributed by atoms with van der Waals surface area (Å²) in [7, 11) is -3.82. The molecule has 1 aliphatic rings. The largest absolute Gasteiger partial charge is 0.303 e. The van der Waals surface area contributed by atoms with Crippen LogP contribution < -0.4 is 4.31 Å². The number of thioether (sulfide) groups is 1. The normalized spacial score (nSPS) is 15.1. The third kappa shape index (κ3) is 7.21. The molecule has 0 atom stereocenters. The van der Waals surface area contributed by atoms with Crippen LogP contribution in [-0.4, -0.2) is 51.0 Å². The summed E-state index contributed by atoms with van der Waals surface area (Å²) in [4.78, 5) is 2.57. The molecule has 32 heavy (non-hydrogen) atoms. The molecule has 0 aliphatic carbocycles. The lowest BCUT2D eigenvalue weighted by atomic mass is 10.1. The summed E-state index contributed by atoms with van der Waals surface area (Å²) in [5, 5.41) is 1.99. The second kappa shape index (κ2) is 13.0. The van der Waals surface area contributed by atoms with Crippen LogP contribution in [0.3, 0.4) is 0 Å². The topological polar surface area (TPSA) is 40.6 Å². The van der Waals surface area contributed by atoms with Crippen LogP contribution in [0.15, 0.2) is 47.4 Å². The van der Waals surface area contributed by atoms with Crippen molar-refractivity contribution in [1.82, 2.24) is 4.90 Å². The van der Waals surface area contributed by atoms with E-state index in [9.17, 15) is 8.42 Å². The van der Waals surface area contributed by atoms with Crippen LogP contribution in [-0.2, 0) is 10.0 Å². The Morgan fingerprint density at radius 2 is 1.62 bits per heavy atom. The predicted molar refractivity (Wildman–Crippen MR) is 140 cm³/mol. The molecule has 2 aromatic rings. The van der Waals surface area contributed by atoms with E-state index in [0.29, 0.717) is 33.7 Å². The highest BCUT2D eigenvalue weighted by atomic mass is 35.5. The minimum Gasteiger partial charge on any atom is -0.303 e. The Bertz CT molecular complexity index is 990. The van der Waals surface area contributed by atoms with Crippen molar-refractivity contribution in [3.8, 4) is 12.8 Å². The van der Waals surface area contributed by atoms with Gasteiger partial charge < -0.3 is 4.90 Å². The van der Waals surface area contributed by atoms with Gasteiger partial charge in [0, 0.05) is 21.8 Å². The zero-order chi connectivity index (χ0) is 23.7. The number of hydrogen-bond acceptors (Lipinski definition) is 4. The first kappa shape index (κ1) is 27.2. The fourth-order valence-corrected chi connectivity index (χ4v) is 6.35. The number of rotatable bonds is 8. The quantitative estimate of drug-likeness (QED) is 0.373. The van der Waals surface area contributed by atoms with Crippen LogP contribution in [0, 0.1) is 12.8 Å². The molecular weight excluding hydrogens is 507 g/mol. The summed E-state index contributed by atoms with van der Waals surface area (Å²) in [6, 6.07) is 11.0. The van der Waals surface area contributed by atoms with Crippen molar-refractivity contribution < 1.29 is 8.42 Å². The summed E-state index contributed by atoms with van der Waals surface area (Å²) in [5.41, 5.74) is 0.389. The van der Waals surface area contributed by atoms with Gasteiger partial charge in [-0.05, 0) is 87.6 Å². The summed E-state index contributed by atoms with van der Waals surface area (Å²) in [6.45, 7) is 3.25. The van der Waals surface area contributed by atoms with Crippen molar-refractivity contribution in [2.45, 2.75) is 29.4 Å². The van der Waals surface area contributed by atoms with E-state index in [-0.39, 0.29) is 4.90 Å². The zero-order valence-electron chi connectivity index (χ0n) is 17.9. The number of anilines is 1. The third-order valence-corrected chi connectivity index (χ3v) is 9.05. The summed E-state index contributed by atoms with van der Waals surface area (Å²) >= 11 is 20.4. The third-order valence-electron chi connectivity index (χ3n) is 5.28. The Labute approximate surface area is 211 Å². The summed E-state index contributed by atoms with van der Waals surface area (Å²) in [6.07, 6.45) is 13.2. The molecule has 0 amide bonds. The Morgan fingerprint density at radius 3 is 2.22 bits per heavy atom. The smallest absolute Gasteiger partial charge is 0.264 e. The summed E-state index contributed by atoms with van der Waals surface area (Å²) in [5.74, 6) is 0. The molecule has 4 nitrogen and oxygen atoms in total. The van der Waals surface area contributed by atoms with Crippen molar-refractivity contribution in [2.24, 2.45) is 0 Å². The van der Waals surface area contributed by atoms with E-state index < -0.39 is 10.0 Å². The first-order chi connectivity index (χ1) is 15.3. The highest BCUT2D eigenvalue weighted by Gasteiger charge is 2.27. The number of terminal acetylenes is 1. The molecule has 1 heterocycles. The molecular formula is C23H27Cl3N2O2S2. The maximum atomic E-state index is 13.4. The van der Waals surface area contributed by atoms with Gasteiger partial charge in [-0.1, -0.05) is 34.8 Å². The van der Waals surface area contributed by atoms with Crippen LogP contribution in [0.2, 0.25) is 15.1 Å². The first-order valence-corrected chi connectivity index (χ1v) is 14.0. The molecule has 0 N–H and O–H groups in total. The number of benzene rings is 2. The molecule has 0 spiro atoms. The minimum atomic E-state index is -3.82. The zero-order valence-corrected chi connectivity index (χ0v) is 21.8. The van der Waals surface area contributed by atoms with E-state index in [2.05, 4.69) is 24.0 Å². The monoisotopic (exact) mass is 532 g/mol. The molecule has 2 aromatic carbocycles. The lowest BCUT2D eigenvalue weighted by Crippen LogP contribution is -2.38. The lowest BCUT2D eigenvalue weighted by Gasteiger charge is -2.32. The average Bonchev–Trinajstić information content (AvgIpc) is 2.80. The standard InChI is InChI=1S/C21H25Cl3N2O2S2.C2H2/c1-29-18-9-13-25(14-10-18)11-2-12-26(21-15-17(23)5-8-20(21)24)30(27,28)19-6-3-16(22)4-7-19;1-2/h3-8,15,18H,2,9-14H2,1H3;1-2H. The van der Waals surface area contributed by atoms with Gasteiger partial charge >= 0.3 is 0 Å². The van der Waals surface area contributed by atoms with E-state index in [0.717, 1.165) is 24.9 Å². The van der Waals surface area contributed by atoms with Crippen LogP contribution >= 0.6 is 46.6 Å². The van der Waals surface area contributed by atoms with E-state index in [4.69, 9.17) is 34.8 Å². The van der Waals surface area contributed by atoms with Crippen molar-refractivity contribution in [1.29, 1.82) is 0 Å². The Morgan fingerprint density at radius 1 is 1.03 bits per heavy atom. The SMILES string of the molecule is C#C.CSC1CCN(CCCN(c2cc(Cl)ccc2Cl)S(=O)(=O)c2ccc(Cl)cc2)CC1. The molecule has 0 saturated carbocycles. The van der Waals surface area contributed by atoms with E-state index in [1.165, 1.54) is 29.3 Å². The van der Waals surface area contributed by atoms with E-state index >= 15 is 0 Å². The average molecular weight is 534 g/mol. The predicted octanol–water partition coefficient (Wildman–Crippen LogP) is 6.31. The number of likely N-dealkylation sites (tertiary alicyclic amines) is 1. The maximum Gasteiger partial charge on any atom is 0.264 e. The Hall–Kier alpha value is -1.07. The molecule has 0 aromatic heterocycles. The van der Waals surface area contributed by atoms with Crippen molar-refractivity contribution in [2.75, 3.05) is 36.7 Å². The van der Waals surface area contributed by atoms with Crippen LogP contribution in [0.1, 0.15) is 19.3 Å². The van der Waals surface area contributed by atoms with Crippen LogP contribution in [0.5, 0.6) is 0 Å². The Kier molecular flexibility index (Phi) is 11.0. The number of halogens is 3. The summed E-state index contributed by atoms with van der Waals surface area (Å²) < 4.78 is 28.2. The molecule has 0 bridgehead atoms. The second-order valence-corrected chi connectivity index (χ2v) is 11.5. The van der Waals surface area contributed by atoms with Gasteiger partial charge in [-0.15, -0.1) is 12.8 Å². The molecule has 1 aliphatic heterocycles. The molecule has 0 unspecified atom stereocenters. The number of piperidine rings is 1. The molecule has 1 saturated heterocycles. The lowest BCUT2D eigenvalue weighted by molar-refractivity contribution is 0.232. The fraction of sp³-hybridized carbons (Fsp3) is 0.391. The second-order valence-electron chi connectivity index (χ2n) is 7.26. The van der Waals surface area contributed by atoms with Crippen LogP contribution in [0.4, 0.5) is 5.69 Å².